The zero-order valence-corrected chi connectivity index (χ0v) is 13.2. The molecule has 0 amide bonds. The molecule has 2 N–H and O–H groups in total. The Morgan fingerprint density at radius 3 is 2.76 bits per heavy atom. The number of rotatable bonds is 4. The van der Waals surface area contributed by atoms with Crippen molar-refractivity contribution in [2.75, 3.05) is 50.8 Å². The summed E-state index contributed by atoms with van der Waals surface area (Å²) in [7, 11) is 0. The maximum Gasteiger partial charge on any atom is 0.0642 e. The quantitative estimate of drug-likeness (QED) is 0.920. The van der Waals surface area contributed by atoms with E-state index in [1.54, 1.807) is 0 Å². The van der Waals surface area contributed by atoms with Crippen molar-refractivity contribution in [3.05, 3.63) is 28.8 Å². The molecular formula is C16H24ClN3O. The Bertz CT molecular complexity index is 477. The van der Waals surface area contributed by atoms with Crippen LogP contribution in [0.2, 0.25) is 5.02 Å². The first-order valence-electron chi connectivity index (χ1n) is 7.83. The Labute approximate surface area is 131 Å². The molecule has 1 unspecified atom stereocenters. The second-order valence-corrected chi connectivity index (χ2v) is 6.27. The number of morpholine rings is 1. The van der Waals surface area contributed by atoms with Crippen LogP contribution in [0.3, 0.4) is 0 Å². The van der Waals surface area contributed by atoms with Crippen molar-refractivity contribution >= 4 is 17.3 Å². The predicted molar refractivity (Wildman–Crippen MR) is 87.2 cm³/mol. The number of nitrogens with zero attached hydrogens (tertiary/aromatic N) is 2. The highest BCUT2D eigenvalue weighted by Gasteiger charge is 2.29. The fourth-order valence-electron chi connectivity index (χ4n) is 3.33. The summed E-state index contributed by atoms with van der Waals surface area (Å²) < 4.78 is 5.44. The van der Waals surface area contributed by atoms with Crippen LogP contribution in [-0.4, -0.2) is 56.9 Å². The Balaban J connectivity index is 1.65. The molecule has 116 valence electrons. The third-order valence-corrected chi connectivity index (χ3v) is 4.81. The second kappa shape index (κ2) is 6.97. The summed E-state index contributed by atoms with van der Waals surface area (Å²) in [5.41, 5.74) is 7.98. The second-order valence-electron chi connectivity index (χ2n) is 5.86. The molecule has 2 fully saturated rings. The lowest BCUT2D eigenvalue weighted by Crippen LogP contribution is -2.44. The molecule has 0 saturated carbocycles. The van der Waals surface area contributed by atoms with Gasteiger partial charge in [-0.15, -0.1) is 0 Å². The highest BCUT2D eigenvalue weighted by Crippen LogP contribution is 2.31. The summed E-state index contributed by atoms with van der Waals surface area (Å²) in [4.78, 5) is 4.97. The third kappa shape index (κ3) is 3.51. The lowest BCUT2D eigenvalue weighted by atomic mass is 10.1. The van der Waals surface area contributed by atoms with Crippen LogP contribution < -0.4 is 10.6 Å². The summed E-state index contributed by atoms with van der Waals surface area (Å²) in [6.45, 7) is 6.66. The zero-order valence-electron chi connectivity index (χ0n) is 12.4. The first kappa shape index (κ1) is 15.1. The van der Waals surface area contributed by atoms with Crippen molar-refractivity contribution in [1.29, 1.82) is 0 Å². The molecule has 3 rings (SSSR count). The molecule has 0 bridgehead atoms. The normalized spacial score (nSPS) is 23.7. The summed E-state index contributed by atoms with van der Waals surface area (Å²) >= 11 is 6.46. The largest absolute Gasteiger partial charge is 0.379 e. The lowest BCUT2D eigenvalue weighted by Gasteiger charge is -2.32. The van der Waals surface area contributed by atoms with Crippen LogP contribution >= 0.6 is 11.6 Å². The Morgan fingerprint density at radius 2 is 2.05 bits per heavy atom. The molecule has 0 spiro atoms. The number of hydrogen-bond donors (Lipinski definition) is 1. The first-order chi connectivity index (χ1) is 10.3. The van der Waals surface area contributed by atoms with Crippen LogP contribution in [0.15, 0.2) is 18.2 Å². The standard InChI is InChI=1S/C16H24ClN3O/c17-15-11-13(3-5-18)1-2-16(15)20-6-4-14(12-20)19-7-9-21-10-8-19/h1-2,11,14H,3-10,12,18H2. The third-order valence-electron chi connectivity index (χ3n) is 4.51. The molecule has 1 atom stereocenters. The molecule has 2 heterocycles. The minimum atomic E-state index is 0.633. The molecule has 4 nitrogen and oxygen atoms in total. The van der Waals surface area contributed by atoms with Crippen LogP contribution in [0.4, 0.5) is 5.69 Å². The van der Waals surface area contributed by atoms with E-state index >= 15 is 0 Å². The maximum absolute atomic E-state index is 6.46. The summed E-state index contributed by atoms with van der Waals surface area (Å²) in [5, 5.41) is 0.851. The molecule has 2 saturated heterocycles. The molecule has 0 radical (unpaired) electrons. The van der Waals surface area contributed by atoms with Gasteiger partial charge in [0.1, 0.15) is 0 Å². The minimum absolute atomic E-state index is 0.633. The van der Waals surface area contributed by atoms with Gasteiger partial charge in [0.25, 0.3) is 0 Å². The van der Waals surface area contributed by atoms with Gasteiger partial charge in [0.15, 0.2) is 0 Å². The van der Waals surface area contributed by atoms with Crippen LogP contribution in [0, 0.1) is 0 Å². The smallest absolute Gasteiger partial charge is 0.0642 e. The van der Waals surface area contributed by atoms with Gasteiger partial charge in [-0.2, -0.15) is 0 Å². The molecule has 0 aliphatic carbocycles. The lowest BCUT2D eigenvalue weighted by molar-refractivity contribution is 0.0209. The number of hydrogen-bond acceptors (Lipinski definition) is 4. The molecular weight excluding hydrogens is 286 g/mol. The van der Waals surface area contributed by atoms with Crippen molar-refractivity contribution in [3.63, 3.8) is 0 Å². The first-order valence-corrected chi connectivity index (χ1v) is 8.21. The zero-order chi connectivity index (χ0) is 14.7. The van der Waals surface area contributed by atoms with Gasteiger partial charge in [-0.3, -0.25) is 4.90 Å². The van der Waals surface area contributed by atoms with E-state index in [0.717, 1.165) is 56.5 Å². The van der Waals surface area contributed by atoms with Gasteiger partial charge in [-0.1, -0.05) is 17.7 Å². The average Bonchev–Trinajstić information content (AvgIpc) is 2.98. The van der Waals surface area contributed by atoms with Crippen LogP contribution in [0.5, 0.6) is 0 Å². The summed E-state index contributed by atoms with van der Waals surface area (Å²) in [6, 6.07) is 6.99. The van der Waals surface area contributed by atoms with Crippen molar-refractivity contribution < 1.29 is 4.74 Å². The van der Waals surface area contributed by atoms with Gasteiger partial charge in [-0.05, 0) is 37.1 Å². The SMILES string of the molecule is NCCc1ccc(N2CCC(N3CCOCC3)C2)c(Cl)c1. The Hall–Kier alpha value is -0.810. The molecule has 2 aliphatic rings. The molecule has 1 aromatic rings. The van der Waals surface area contributed by atoms with Crippen LogP contribution in [-0.2, 0) is 11.2 Å². The monoisotopic (exact) mass is 309 g/mol. The van der Waals surface area contributed by atoms with Crippen LogP contribution in [0.1, 0.15) is 12.0 Å². The van der Waals surface area contributed by atoms with E-state index in [-0.39, 0.29) is 0 Å². The summed E-state index contributed by atoms with van der Waals surface area (Å²) in [6.07, 6.45) is 2.09. The summed E-state index contributed by atoms with van der Waals surface area (Å²) in [5.74, 6) is 0. The average molecular weight is 310 g/mol. The highest BCUT2D eigenvalue weighted by molar-refractivity contribution is 6.33. The van der Waals surface area contributed by atoms with E-state index < -0.39 is 0 Å². The van der Waals surface area contributed by atoms with E-state index in [1.807, 2.05) is 0 Å². The molecule has 2 aliphatic heterocycles. The van der Waals surface area contributed by atoms with Crippen molar-refractivity contribution in [2.45, 2.75) is 18.9 Å². The van der Waals surface area contributed by atoms with E-state index in [1.165, 1.54) is 12.0 Å². The van der Waals surface area contributed by atoms with Crippen molar-refractivity contribution in [3.8, 4) is 0 Å². The van der Waals surface area contributed by atoms with Crippen molar-refractivity contribution in [2.24, 2.45) is 5.73 Å². The van der Waals surface area contributed by atoms with E-state index in [9.17, 15) is 0 Å². The number of benzene rings is 1. The topological polar surface area (TPSA) is 41.7 Å². The van der Waals surface area contributed by atoms with E-state index in [0.29, 0.717) is 12.6 Å². The molecule has 21 heavy (non-hydrogen) atoms. The Morgan fingerprint density at radius 1 is 1.24 bits per heavy atom. The van der Waals surface area contributed by atoms with Gasteiger partial charge in [0.2, 0.25) is 0 Å². The van der Waals surface area contributed by atoms with Gasteiger partial charge in [0.05, 0.1) is 23.9 Å². The number of nitrogens with two attached hydrogens (primary N) is 1. The van der Waals surface area contributed by atoms with E-state index in [2.05, 4.69) is 28.0 Å². The molecule has 0 aromatic heterocycles. The molecule has 1 aromatic carbocycles. The van der Waals surface area contributed by atoms with Crippen molar-refractivity contribution in [1.82, 2.24) is 4.90 Å². The van der Waals surface area contributed by atoms with Crippen LogP contribution in [0.25, 0.3) is 0 Å². The number of ether oxygens (including phenoxy) is 1. The number of anilines is 1. The van der Waals surface area contributed by atoms with Gasteiger partial charge < -0.3 is 15.4 Å². The van der Waals surface area contributed by atoms with E-state index in [4.69, 9.17) is 22.1 Å². The number of halogens is 1. The highest BCUT2D eigenvalue weighted by atomic mass is 35.5. The fraction of sp³-hybridized carbons (Fsp3) is 0.625. The van der Waals surface area contributed by atoms with Gasteiger partial charge in [0, 0.05) is 32.2 Å². The molecule has 5 heteroatoms. The maximum atomic E-state index is 6.46. The minimum Gasteiger partial charge on any atom is -0.379 e. The van der Waals surface area contributed by atoms with Gasteiger partial charge in [-0.25, -0.2) is 0 Å². The predicted octanol–water partition coefficient (Wildman–Crippen LogP) is 1.75. The fourth-order valence-corrected chi connectivity index (χ4v) is 3.65. The Kier molecular flexibility index (Phi) is 5.01. The van der Waals surface area contributed by atoms with Gasteiger partial charge >= 0.3 is 0 Å².